The van der Waals surface area contributed by atoms with E-state index in [9.17, 15) is 4.79 Å². The highest BCUT2D eigenvalue weighted by Gasteiger charge is 2.23. The zero-order chi connectivity index (χ0) is 17.1. The zero-order valence-electron chi connectivity index (χ0n) is 14.7. The lowest BCUT2D eigenvalue weighted by molar-refractivity contribution is 0.0508. The van der Waals surface area contributed by atoms with Crippen LogP contribution < -0.4 is 5.32 Å². The van der Waals surface area contributed by atoms with E-state index in [4.69, 9.17) is 4.74 Å². The van der Waals surface area contributed by atoms with E-state index in [1.807, 2.05) is 27.7 Å². The van der Waals surface area contributed by atoms with E-state index < -0.39 is 11.7 Å². The maximum atomic E-state index is 11.9. The Morgan fingerprint density at radius 3 is 2.27 bits per heavy atom. The molecule has 1 amide bonds. The number of carbonyl (C=O) groups excluding carboxylic acids is 1. The molecule has 0 heterocycles. The highest BCUT2D eigenvalue weighted by Crippen LogP contribution is 2.30. The first-order valence-electron chi connectivity index (χ1n) is 7.64. The van der Waals surface area contributed by atoms with Gasteiger partial charge in [-0.25, -0.2) is 4.79 Å². The third kappa shape index (κ3) is 5.99. The Kier molecular flexibility index (Phi) is 6.08. The SMILES string of the molecule is CC(NC(=O)OC(C)(C)C)C(Br)c1cccc(C(C)(C)C)c1. The van der Waals surface area contributed by atoms with Crippen LogP contribution in [0.4, 0.5) is 4.79 Å². The summed E-state index contributed by atoms with van der Waals surface area (Å²) in [5, 5.41) is 2.88. The number of ether oxygens (including phenoxy) is 1. The van der Waals surface area contributed by atoms with Gasteiger partial charge in [-0.3, -0.25) is 0 Å². The molecule has 2 unspecified atom stereocenters. The lowest BCUT2D eigenvalue weighted by Gasteiger charge is -2.25. The van der Waals surface area contributed by atoms with Crippen molar-refractivity contribution < 1.29 is 9.53 Å². The van der Waals surface area contributed by atoms with Gasteiger partial charge in [0.05, 0.1) is 4.83 Å². The molecule has 0 aliphatic rings. The van der Waals surface area contributed by atoms with Crippen LogP contribution in [0.15, 0.2) is 24.3 Å². The number of hydrogen-bond acceptors (Lipinski definition) is 2. The zero-order valence-corrected chi connectivity index (χ0v) is 16.2. The van der Waals surface area contributed by atoms with Gasteiger partial charge in [-0.1, -0.05) is 61.0 Å². The predicted molar refractivity (Wildman–Crippen MR) is 95.6 cm³/mol. The summed E-state index contributed by atoms with van der Waals surface area (Å²) in [6.45, 7) is 14.1. The first-order chi connectivity index (χ1) is 9.90. The van der Waals surface area contributed by atoms with Gasteiger partial charge in [0, 0.05) is 6.04 Å². The molecule has 0 radical (unpaired) electrons. The smallest absolute Gasteiger partial charge is 0.407 e. The lowest BCUT2D eigenvalue weighted by Crippen LogP contribution is -2.39. The summed E-state index contributed by atoms with van der Waals surface area (Å²) < 4.78 is 5.30. The molecule has 1 aromatic rings. The quantitative estimate of drug-likeness (QED) is 0.730. The number of benzene rings is 1. The number of rotatable bonds is 3. The van der Waals surface area contributed by atoms with E-state index in [0.717, 1.165) is 5.56 Å². The predicted octanol–water partition coefficient (Wildman–Crippen LogP) is 5.33. The third-order valence-electron chi connectivity index (χ3n) is 3.25. The highest BCUT2D eigenvalue weighted by molar-refractivity contribution is 9.09. The van der Waals surface area contributed by atoms with Crippen molar-refractivity contribution in [3.05, 3.63) is 35.4 Å². The van der Waals surface area contributed by atoms with Gasteiger partial charge < -0.3 is 10.1 Å². The molecule has 0 aliphatic carbocycles. The molecule has 1 N–H and O–H groups in total. The second-order valence-corrected chi connectivity index (χ2v) is 8.70. The molecule has 1 aromatic carbocycles. The van der Waals surface area contributed by atoms with E-state index in [1.54, 1.807) is 0 Å². The van der Waals surface area contributed by atoms with Gasteiger partial charge in [-0.2, -0.15) is 0 Å². The normalized spacial score (nSPS) is 15.1. The average Bonchev–Trinajstić information content (AvgIpc) is 2.34. The van der Waals surface area contributed by atoms with Crippen molar-refractivity contribution in [3.63, 3.8) is 0 Å². The van der Waals surface area contributed by atoms with E-state index in [0.29, 0.717) is 0 Å². The molecule has 0 fully saturated rings. The van der Waals surface area contributed by atoms with Gasteiger partial charge in [-0.15, -0.1) is 0 Å². The molecule has 124 valence electrons. The van der Waals surface area contributed by atoms with E-state index in [2.05, 4.69) is 66.3 Å². The van der Waals surface area contributed by atoms with Crippen molar-refractivity contribution in [2.24, 2.45) is 0 Å². The van der Waals surface area contributed by atoms with Crippen LogP contribution >= 0.6 is 15.9 Å². The van der Waals surface area contributed by atoms with Crippen LogP contribution in [0, 0.1) is 0 Å². The Labute approximate surface area is 143 Å². The van der Waals surface area contributed by atoms with E-state index in [-0.39, 0.29) is 16.3 Å². The Balaban J connectivity index is 2.79. The third-order valence-corrected chi connectivity index (χ3v) is 4.58. The monoisotopic (exact) mass is 369 g/mol. The molecule has 3 nitrogen and oxygen atoms in total. The number of hydrogen-bond donors (Lipinski definition) is 1. The summed E-state index contributed by atoms with van der Waals surface area (Å²) in [6.07, 6.45) is -0.392. The second kappa shape index (κ2) is 7.03. The molecule has 4 heteroatoms. The summed E-state index contributed by atoms with van der Waals surface area (Å²) in [4.78, 5) is 11.9. The highest BCUT2D eigenvalue weighted by atomic mass is 79.9. The lowest BCUT2D eigenvalue weighted by atomic mass is 9.85. The fourth-order valence-electron chi connectivity index (χ4n) is 2.03. The molecule has 0 aliphatic heterocycles. The summed E-state index contributed by atoms with van der Waals surface area (Å²) in [6, 6.07) is 8.37. The van der Waals surface area contributed by atoms with E-state index in [1.165, 1.54) is 5.56 Å². The Bertz CT molecular complexity index is 515. The summed E-state index contributed by atoms with van der Waals surface area (Å²) in [5.74, 6) is 0. The molecule has 0 saturated carbocycles. The van der Waals surface area contributed by atoms with Crippen LogP contribution in [0.25, 0.3) is 0 Å². The second-order valence-electron chi connectivity index (χ2n) is 7.71. The van der Waals surface area contributed by atoms with Crippen LogP contribution in [0.1, 0.15) is 64.4 Å². The standard InChI is InChI=1S/C18H28BrNO2/c1-12(20-16(21)22-18(5,6)7)15(19)13-9-8-10-14(11-13)17(2,3)4/h8-12,15H,1-7H3,(H,20,21). The topological polar surface area (TPSA) is 38.3 Å². The maximum absolute atomic E-state index is 11.9. The Morgan fingerprint density at radius 1 is 1.18 bits per heavy atom. The van der Waals surface area contributed by atoms with Crippen molar-refractivity contribution >= 4 is 22.0 Å². The van der Waals surface area contributed by atoms with Gasteiger partial charge in [0.15, 0.2) is 0 Å². The van der Waals surface area contributed by atoms with Crippen molar-refractivity contribution in [2.75, 3.05) is 0 Å². The Morgan fingerprint density at radius 2 is 1.77 bits per heavy atom. The minimum Gasteiger partial charge on any atom is -0.444 e. The van der Waals surface area contributed by atoms with Gasteiger partial charge in [0.25, 0.3) is 0 Å². The molecule has 0 bridgehead atoms. The molecular formula is C18H28BrNO2. The van der Waals surface area contributed by atoms with Gasteiger partial charge in [-0.05, 0) is 44.2 Å². The fourth-order valence-corrected chi connectivity index (χ4v) is 2.45. The molecule has 0 saturated heterocycles. The summed E-state index contributed by atoms with van der Waals surface area (Å²) >= 11 is 3.69. The molecule has 0 spiro atoms. The first-order valence-corrected chi connectivity index (χ1v) is 8.56. The Hall–Kier alpha value is -1.03. The minimum absolute atomic E-state index is 0.0299. The molecule has 2 atom stereocenters. The molecule has 0 aromatic heterocycles. The van der Waals surface area contributed by atoms with Crippen LogP contribution in [0.5, 0.6) is 0 Å². The molecular weight excluding hydrogens is 342 g/mol. The van der Waals surface area contributed by atoms with Crippen molar-refractivity contribution in [1.82, 2.24) is 5.32 Å². The number of amides is 1. The number of halogens is 1. The van der Waals surface area contributed by atoms with Crippen LogP contribution in [-0.2, 0) is 10.2 Å². The van der Waals surface area contributed by atoms with Crippen molar-refractivity contribution in [3.8, 4) is 0 Å². The summed E-state index contributed by atoms with van der Waals surface area (Å²) in [7, 11) is 0. The van der Waals surface area contributed by atoms with Crippen LogP contribution in [0.2, 0.25) is 0 Å². The average molecular weight is 370 g/mol. The fraction of sp³-hybridized carbons (Fsp3) is 0.611. The number of nitrogens with one attached hydrogen (secondary N) is 1. The molecule has 22 heavy (non-hydrogen) atoms. The maximum Gasteiger partial charge on any atom is 0.407 e. The summed E-state index contributed by atoms with van der Waals surface area (Å²) in [5.41, 5.74) is 2.04. The number of carbonyl (C=O) groups is 1. The van der Waals surface area contributed by atoms with Gasteiger partial charge in [0.1, 0.15) is 5.60 Å². The number of alkyl carbamates (subject to hydrolysis) is 1. The number of alkyl halides is 1. The van der Waals surface area contributed by atoms with Gasteiger partial charge in [0.2, 0.25) is 0 Å². The van der Waals surface area contributed by atoms with Crippen molar-refractivity contribution in [1.29, 1.82) is 0 Å². The van der Waals surface area contributed by atoms with Crippen LogP contribution in [-0.4, -0.2) is 17.7 Å². The van der Waals surface area contributed by atoms with Crippen molar-refractivity contribution in [2.45, 2.75) is 70.4 Å². The van der Waals surface area contributed by atoms with E-state index >= 15 is 0 Å². The first kappa shape index (κ1) is 19.0. The minimum atomic E-state index is -0.488. The van der Waals surface area contributed by atoms with Gasteiger partial charge >= 0.3 is 6.09 Å². The molecule has 1 rings (SSSR count). The largest absolute Gasteiger partial charge is 0.444 e. The van der Waals surface area contributed by atoms with Crippen LogP contribution in [0.3, 0.4) is 0 Å².